The van der Waals surface area contributed by atoms with E-state index in [1.165, 1.54) is 6.07 Å². The normalized spacial score (nSPS) is 12.4. The molecule has 0 aliphatic rings. The standard InChI is InChI=1S/C22H21FN2/c1-14(2)17(5)25-22(16(4)19-9-6-15(3)7-10-19)20-11-8-18(13-24)12-21(20)23/h6-12H,1H2,2-5H3/b22-16+,25-17?. The molecule has 2 nitrogen and oxygen atoms in total. The van der Waals surface area contributed by atoms with Gasteiger partial charge in [-0.2, -0.15) is 5.26 Å². The van der Waals surface area contributed by atoms with Gasteiger partial charge in [-0.1, -0.05) is 36.4 Å². The minimum Gasteiger partial charge on any atom is -0.252 e. The van der Waals surface area contributed by atoms with Gasteiger partial charge in [0, 0.05) is 11.3 Å². The van der Waals surface area contributed by atoms with Gasteiger partial charge in [0.1, 0.15) is 5.82 Å². The molecule has 0 saturated carbocycles. The van der Waals surface area contributed by atoms with Crippen LogP contribution in [-0.4, -0.2) is 5.71 Å². The summed E-state index contributed by atoms with van der Waals surface area (Å²) < 4.78 is 14.6. The maximum Gasteiger partial charge on any atom is 0.133 e. The zero-order chi connectivity index (χ0) is 18.6. The van der Waals surface area contributed by atoms with Gasteiger partial charge in [0.05, 0.1) is 17.3 Å². The molecule has 0 spiro atoms. The summed E-state index contributed by atoms with van der Waals surface area (Å²) in [5.74, 6) is -0.459. The van der Waals surface area contributed by atoms with Crippen LogP contribution in [0.15, 0.2) is 59.6 Å². The summed E-state index contributed by atoms with van der Waals surface area (Å²) in [5.41, 5.74) is 5.77. The number of nitrogens with zero attached hydrogens (tertiary/aromatic N) is 2. The zero-order valence-corrected chi connectivity index (χ0v) is 15.0. The number of aliphatic imine (C=N–C) groups is 1. The third-order valence-corrected chi connectivity index (χ3v) is 4.09. The molecule has 0 N–H and O–H groups in total. The maximum absolute atomic E-state index is 14.6. The Hall–Kier alpha value is -2.99. The fourth-order valence-corrected chi connectivity index (χ4v) is 2.33. The van der Waals surface area contributed by atoms with Crippen molar-refractivity contribution in [2.45, 2.75) is 27.7 Å². The summed E-state index contributed by atoms with van der Waals surface area (Å²) in [5, 5.41) is 8.96. The number of aryl methyl sites for hydroxylation is 1. The van der Waals surface area contributed by atoms with Crippen molar-refractivity contribution in [2.75, 3.05) is 0 Å². The first-order valence-electron chi connectivity index (χ1n) is 8.02. The second-order valence-electron chi connectivity index (χ2n) is 6.12. The van der Waals surface area contributed by atoms with Crippen molar-refractivity contribution in [3.63, 3.8) is 0 Å². The van der Waals surface area contributed by atoms with Gasteiger partial charge in [-0.3, -0.25) is 4.99 Å². The third-order valence-electron chi connectivity index (χ3n) is 4.09. The molecule has 0 aromatic heterocycles. The Labute approximate surface area is 148 Å². The van der Waals surface area contributed by atoms with E-state index < -0.39 is 5.82 Å². The summed E-state index contributed by atoms with van der Waals surface area (Å²) in [6, 6.07) is 14.4. The predicted octanol–water partition coefficient (Wildman–Crippen LogP) is 5.93. The molecule has 0 atom stereocenters. The van der Waals surface area contributed by atoms with E-state index in [1.54, 1.807) is 12.1 Å². The molecule has 0 unspecified atom stereocenters. The highest BCUT2D eigenvalue weighted by molar-refractivity contribution is 6.03. The Kier molecular flexibility index (Phi) is 5.67. The largest absolute Gasteiger partial charge is 0.252 e. The molecular formula is C22H21FN2. The van der Waals surface area contributed by atoms with Gasteiger partial charge in [0.15, 0.2) is 0 Å². The lowest BCUT2D eigenvalue weighted by Gasteiger charge is -2.12. The van der Waals surface area contributed by atoms with Gasteiger partial charge in [0.2, 0.25) is 0 Å². The number of hydrogen-bond acceptors (Lipinski definition) is 2. The minimum absolute atomic E-state index is 0.286. The summed E-state index contributed by atoms with van der Waals surface area (Å²) in [4.78, 5) is 4.64. The topological polar surface area (TPSA) is 36.1 Å². The average molecular weight is 332 g/mol. The van der Waals surface area contributed by atoms with E-state index in [-0.39, 0.29) is 5.56 Å². The van der Waals surface area contributed by atoms with Gasteiger partial charge in [-0.25, -0.2) is 4.39 Å². The van der Waals surface area contributed by atoms with E-state index in [1.807, 2.05) is 58.0 Å². The van der Waals surface area contributed by atoms with Gasteiger partial charge >= 0.3 is 0 Å². The van der Waals surface area contributed by atoms with E-state index in [4.69, 9.17) is 5.26 Å². The first kappa shape index (κ1) is 18.4. The summed E-state index contributed by atoms with van der Waals surface area (Å²) >= 11 is 0. The molecule has 0 amide bonds. The number of allylic oxidation sites excluding steroid dienone is 2. The highest BCUT2D eigenvalue weighted by Gasteiger charge is 2.13. The van der Waals surface area contributed by atoms with Crippen LogP contribution < -0.4 is 0 Å². The van der Waals surface area contributed by atoms with Gasteiger partial charge in [-0.05, 0) is 62.6 Å². The Balaban J connectivity index is 2.72. The molecule has 0 fully saturated rings. The van der Waals surface area contributed by atoms with Crippen LogP contribution in [0, 0.1) is 24.1 Å². The van der Waals surface area contributed by atoms with Crippen LogP contribution in [0.5, 0.6) is 0 Å². The molecular weight excluding hydrogens is 311 g/mol. The van der Waals surface area contributed by atoms with E-state index in [2.05, 4.69) is 11.6 Å². The molecule has 0 radical (unpaired) electrons. The summed E-state index contributed by atoms with van der Waals surface area (Å²) in [6.07, 6.45) is 0. The molecule has 0 saturated heterocycles. The molecule has 0 heterocycles. The smallest absolute Gasteiger partial charge is 0.133 e. The molecule has 3 heteroatoms. The van der Waals surface area contributed by atoms with Crippen molar-refractivity contribution in [2.24, 2.45) is 4.99 Å². The van der Waals surface area contributed by atoms with Crippen molar-refractivity contribution in [1.29, 1.82) is 5.26 Å². The maximum atomic E-state index is 14.6. The van der Waals surface area contributed by atoms with E-state index >= 15 is 0 Å². The molecule has 126 valence electrons. The Morgan fingerprint density at radius 3 is 2.24 bits per heavy atom. The second kappa shape index (κ2) is 7.72. The average Bonchev–Trinajstić information content (AvgIpc) is 2.59. The monoisotopic (exact) mass is 332 g/mol. The van der Waals surface area contributed by atoms with Crippen molar-refractivity contribution in [3.05, 3.63) is 82.7 Å². The molecule has 0 aliphatic heterocycles. The van der Waals surface area contributed by atoms with Crippen molar-refractivity contribution >= 4 is 17.0 Å². The van der Waals surface area contributed by atoms with Crippen LogP contribution in [-0.2, 0) is 0 Å². The number of rotatable bonds is 4. The van der Waals surface area contributed by atoms with Crippen LogP contribution >= 0.6 is 0 Å². The number of halogens is 1. The Morgan fingerprint density at radius 2 is 1.72 bits per heavy atom. The lowest BCUT2D eigenvalue weighted by Crippen LogP contribution is -1.98. The van der Waals surface area contributed by atoms with Crippen molar-refractivity contribution < 1.29 is 4.39 Å². The van der Waals surface area contributed by atoms with Gasteiger partial charge in [0.25, 0.3) is 0 Å². The van der Waals surface area contributed by atoms with Crippen LogP contribution in [0.2, 0.25) is 0 Å². The predicted molar refractivity (Wildman–Crippen MR) is 103 cm³/mol. The number of hydrogen-bond donors (Lipinski definition) is 0. The fraction of sp³-hybridized carbons (Fsp3) is 0.182. The molecule has 2 rings (SSSR count). The lowest BCUT2D eigenvalue weighted by molar-refractivity contribution is 0.623. The minimum atomic E-state index is -0.459. The summed E-state index contributed by atoms with van der Waals surface area (Å²) in [7, 11) is 0. The molecule has 0 bridgehead atoms. The third kappa shape index (κ3) is 4.30. The van der Waals surface area contributed by atoms with Crippen LogP contribution in [0.3, 0.4) is 0 Å². The molecule has 0 aliphatic carbocycles. The fourth-order valence-electron chi connectivity index (χ4n) is 2.33. The Morgan fingerprint density at radius 1 is 1.08 bits per heavy atom. The van der Waals surface area contributed by atoms with E-state index in [0.29, 0.717) is 11.3 Å². The highest BCUT2D eigenvalue weighted by Crippen LogP contribution is 2.30. The number of benzene rings is 2. The van der Waals surface area contributed by atoms with Crippen molar-refractivity contribution in [3.8, 4) is 6.07 Å². The molecule has 2 aromatic rings. The number of nitriles is 1. The van der Waals surface area contributed by atoms with Gasteiger partial charge < -0.3 is 0 Å². The first-order chi connectivity index (χ1) is 11.8. The van der Waals surface area contributed by atoms with E-state index in [0.717, 1.165) is 28.0 Å². The molecule has 25 heavy (non-hydrogen) atoms. The lowest BCUT2D eigenvalue weighted by atomic mass is 9.99. The second-order valence-corrected chi connectivity index (χ2v) is 6.12. The van der Waals surface area contributed by atoms with Crippen LogP contribution in [0.4, 0.5) is 4.39 Å². The quantitative estimate of drug-likeness (QED) is 0.505. The Bertz CT molecular complexity index is 910. The summed E-state index contributed by atoms with van der Waals surface area (Å²) in [6.45, 7) is 11.6. The SMILES string of the molecule is C=C(C)C(C)=N/C(=C(\C)c1ccc(C)cc1)c1ccc(C#N)cc1F. The van der Waals surface area contributed by atoms with E-state index in [9.17, 15) is 4.39 Å². The van der Waals surface area contributed by atoms with Crippen LogP contribution in [0.25, 0.3) is 11.3 Å². The molecule has 2 aromatic carbocycles. The van der Waals surface area contributed by atoms with Crippen LogP contribution in [0.1, 0.15) is 43.0 Å². The van der Waals surface area contributed by atoms with Crippen molar-refractivity contribution in [1.82, 2.24) is 0 Å². The first-order valence-corrected chi connectivity index (χ1v) is 8.02. The zero-order valence-electron chi connectivity index (χ0n) is 15.0. The highest BCUT2D eigenvalue weighted by atomic mass is 19.1. The van der Waals surface area contributed by atoms with Gasteiger partial charge in [-0.15, -0.1) is 0 Å².